The van der Waals surface area contributed by atoms with Crippen molar-refractivity contribution in [1.82, 2.24) is 14.6 Å². The Kier molecular flexibility index (Phi) is 6.49. The fourth-order valence-electron chi connectivity index (χ4n) is 2.10. The highest BCUT2D eigenvalue weighted by atomic mass is 32.2. The molecule has 0 unspecified atom stereocenters. The maximum absolute atomic E-state index is 12.5. The summed E-state index contributed by atoms with van der Waals surface area (Å²) < 4.78 is 31.3. The molecule has 2 rings (SSSR count). The fraction of sp³-hybridized carbons (Fsp3) is 0.294. The largest absolute Gasteiger partial charge is 0.494 e. The quantitative estimate of drug-likeness (QED) is 0.766. The van der Waals surface area contributed by atoms with Gasteiger partial charge in [0.15, 0.2) is 0 Å². The van der Waals surface area contributed by atoms with Gasteiger partial charge >= 0.3 is 0 Å². The number of aromatic nitrogens is 1. The average Bonchev–Trinajstić information content (AvgIpc) is 2.61. The molecule has 0 fully saturated rings. The second-order valence-corrected chi connectivity index (χ2v) is 7.35. The van der Waals surface area contributed by atoms with Crippen molar-refractivity contribution in [2.45, 2.75) is 18.4 Å². The highest BCUT2D eigenvalue weighted by Crippen LogP contribution is 2.18. The molecule has 0 radical (unpaired) electrons. The summed E-state index contributed by atoms with van der Waals surface area (Å²) in [6.45, 7) is 2.38. The second-order valence-electron chi connectivity index (χ2n) is 5.30. The van der Waals surface area contributed by atoms with E-state index in [0.29, 0.717) is 18.9 Å². The second kappa shape index (κ2) is 8.59. The molecule has 0 bridgehead atoms. The predicted molar refractivity (Wildman–Crippen MR) is 93.5 cm³/mol. The molecule has 0 aliphatic heterocycles. The molecule has 1 amide bonds. The molecule has 1 aromatic heterocycles. The number of carbonyl (C=O) groups excluding carboxylic acids is 1. The van der Waals surface area contributed by atoms with Gasteiger partial charge in [-0.25, -0.2) is 8.42 Å². The van der Waals surface area contributed by atoms with E-state index < -0.39 is 10.0 Å². The van der Waals surface area contributed by atoms with Crippen molar-refractivity contribution in [2.24, 2.45) is 0 Å². The van der Waals surface area contributed by atoms with E-state index >= 15 is 0 Å². The van der Waals surface area contributed by atoms with E-state index in [1.165, 1.54) is 19.2 Å². The Morgan fingerprint density at radius 3 is 2.56 bits per heavy atom. The molecule has 0 aliphatic carbocycles. The molecular formula is C17H21N3O4S. The average molecular weight is 363 g/mol. The van der Waals surface area contributed by atoms with Crippen molar-refractivity contribution < 1.29 is 17.9 Å². The van der Waals surface area contributed by atoms with Crippen LogP contribution in [-0.2, 0) is 21.4 Å². The lowest BCUT2D eigenvalue weighted by molar-refractivity contribution is -0.121. The van der Waals surface area contributed by atoms with E-state index in [1.54, 1.807) is 30.6 Å². The van der Waals surface area contributed by atoms with Gasteiger partial charge in [-0.3, -0.25) is 9.78 Å². The van der Waals surface area contributed by atoms with Crippen LogP contribution < -0.4 is 10.1 Å². The molecule has 1 aromatic carbocycles. The minimum absolute atomic E-state index is 0.110. The minimum Gasteiger partial charge on any atom is -0.494 e. The van der Waals surface area contributed by atoms with Crippen molar-refractivity contribution in [1.29, 1.82) is 0 Å². The molecule has 1 N–H and O–H groups in total. The van der Waals surface area contributed by atoms with Crippen LogP contribution in [-0.4, -0.2) is 43.8 Å². The smallest absolute Gasteiger partial charge is 0.243 e. The van der Waals surface area contributed by atoms with Crippen LogP contribution in [0.1, 0.15) is 12.5 Å². The number of carbonyl (C=O) groups is 1. The Hall–Kier alpha value is -2.45. The first kappa shape index (κ1) is 18.9. The van der Waals surface area contributed by atoms with Crippen LogP contribution in [0.25, 0.3) is 0 Å². The van der Waals surface area contributed by atoms with Crippen LogP contribution in [0.2, 0.25) is 0 Å². The zero-order valence-electron chi connectivity index (χ0n) is 14.2. The number of benzene rings is 1. The van der Waals surface area contributed by atoms with Crippen molar-refractivity contribution >= 4 is 15.9 Å². The van der Waals surface area contributed by atoms with Crippen molar-refractivity contribution in [3.05, 3.63) is 54.4 Å². The molecule has 2 aromatic rings. The van der Waals surface area contributed by atoms with Gasteiger partial charge < -0.3 is 10.1 Å². The van der Waals surface area contributed by atoms with Gasteiger partial charge in [-0.1, -0.05) is 6.07 Å². The van der Waals surface area contributed by atoms with Gasteiger partial charge in [0.2, 0.25) is 15.9 Å². The lowest BCUT2D eigenvalue weighted by Gasteiger charge is -2.17. The number of nitrogens with zero attached hydrogens (tertiary/aromatic N) is 2. The van der Waals surface area contributed by atoms with Gasteiger partial charge in [0.05, 0.1) is 18.0 Å². The molecule has 0 saturated heterocycles. The Balaban J connectivity index is 1.95. The number of nitrogens with one attached hydrogen (secondary N) is 1. The third-order valence-electron chi connectivity index (χ3n) is 3.42. The first-order valence-corrected chi connectivity index (χ1v) is 9.22. The van der Waals surface area contributed by atoms with E-state index in [0.717, 1.165) is 9.87 Å². The Morgan fingerprint density at radius 2 is 1.96 bits per heavy atom. The van der Waals surface area contributed by atoms with E-state index in [1.807, 2.05) is 13.0 Å². The topological polar surface area (TPSA) is 88.6 Å². The van der Waals surface area contributed by atoms with Crippen LogP contribution >= 0.6 is 0 Å². The summed E-state index contributed by atoms with van der Waals surface area (Å²) in [7, 11) is -2.37. The van der Waals surface area contributed by atoms with E-state index in [4.69, 9.17) is 4.74 Å². The van der Waals surface area contributed by atoms with Crippen molar-refractivity contribution in [2.75, 3.05) is 20.2 Å². The van der Waals surface area contributed by atoms with Gasteiger partial charge in [0.1, 0.15) is 5.75 Å². The molecule has 0 saturated carbocycles. The number of sulfonamides is 1. The van der Waals surface area contributed by atoms with E-state index in [9.17, 15) is 13.2 Å². The van der Waals surface area contributed by atoms with Crippen LogP contribution in [0.4, 0.5) is 0 Å². The van der Waals surface area contributed by atoms with Gasteiger partial charge in [0, 0.05) is 26.0 Å². The summed E-state index contributed by atoms with van der Waals surface area (Å²) in [5.41, 5.74) is 0.841. The summed E-state index contributed by atoms with van der Waals surface area (Å²) in [5.74, 6) is 0.208. The SMILES string of the molecule is CCOc1ccc(S(=O)(=O)N(C)CC(=O)NCc2cccnc2)cc1. The number of likely N-dealkylation sites (N-methyl/N-ethyl adjacent to an activating group) is 1. The molecule has 8 heteroatoms. The Morgan fingerprint density at radius 1 is 1.24 bits per heavy atom. The highest BCUT2D eigenvalue weighted by molar-refractivity contribution is 7.89. The van der Waals surface area contributed by atoms with Gasteiger partial charge in [-0.2, -0.15) is 4.31 Å². The number of pyridine rings is 1. The van der Waals surface area contributed by atoms with Gasteiger partial charge in [-0.05, 0) is 42.8 Å². The number of rotatable bonds is 8. The number of hydrogen-bond donors (Lipinski definition) is 1. The lowest BCUT2D eigenvalue weighted by Crippen LogP contribution is -2.38. The van der Waals surface area contributed by atoms with Crippen LogP contribution in [0.5, 0.6) is 5.75 Å². The zero-order chi connectivity index (χ0) is 18.3. The van der Waals surface area contributed by atoms with Gasteiger partial charge in [0.25, 0.3) is 0 Å². The Bertz CT molecular complexity index is 792. The van der Waals surface area contributed by atoms with Crippen LogP contribution in [0.15, 0.2) is 53.7 Å². The third kappa shape index (κ3) is 5.27. The molecule has 0 atom stereocenters. The molecule has 0 spiro atoms. The minimum atomic E-state index is -3.74. The summed E-state index contributed by atoms with van der Waals surface area (Å²) in [5, 5.41) is 2.67. The number of hydrogen-bond acceptors (Lipinski definition) is 5. The fourth-order valence-corrected chi connectivity index (χ4v) is 3.23. The normalized spacial score (nSPS) is 11.3. The zero-order valence-corrected chi connectivity index (χ0v) is 15.0. The first-order valence-electron chi connectivity index (χ1n) is 7.78. The highest BCUT2D eigenvalue weighted by Gasteiger charge is 2.22. The molecule has 25 heavy (non-hydrogen) atoms. The summed E-state index contributed by atoms with van der Waals surface area (Å²) in [6, 6.07) is 9.70. The standard InChI is InChI=1S/C17H21N3O4S/c1-3-24-15-6-8-16(9-7-15)25(22,23)20(2)13-17(21)19-12-14-5-4-10-18-11-14/h4-11H,3,12-13H2,1-2H3,(H,19,21). The van der Waals surface area contributed by atoms with E-state index in [-0.39, 0.29) is 17.3 Å². The van der Waals surface area contributed by atoms with Crippen LogP contribution in [0.3, 0.4) is 0 Å². The maximum atomic E-state index is 12.5. The monoisotopic (exact) mass is 363 g/mol. The van der Waals surface area contributed by atoms with E-state index in [2.05, 4.69) is 10.3 Å². The summed E-state index contributed by atoms with van der Waals surface area (Å²) in [4.78, 5) is 16.1. The summed E-state index contributed by atoms with van der Waals surface area (Å²) in [6.07, 6.45) is 3.28. The predicted octanol–water partition coefficient (Wildman–Crippen LogP) is 1.42. The van der Waals surface area contributed by atoms with Crippen LogP contribution in [0, 0.1) is 0 Å². The maximum Gasteiger partial charge on any atom is 0.243 e. The molecule has 0 aliphatic rings. The molecule has 1 heterocycles. The molecular weight excluding hydrogens is 342 g/mol. The number of ether oxygens (including phenoxy) is 1. The van der Waals surface area contributed by atoms with Crippen molar-refractivity contribution in [3.8, 4) is 5.75 Å². The third-order valence-corrected chi connectivity index (χ3v) is 5.24. The lowest BCUT2D eigenvalue weighted by atomic mass is 10.3. The summed E-state index contributed by atoms with van der Waals surface area (Å²) >= 11 is 0. The molecule has 134 valence electrons. The van der Waals surface area contributed by atoms with Crippen molar-refractivity contribution in [3.63, 3.8) is 0 Å². The van der Waals surface area contributed by atoms with Gasteiger partial charge in [-0.15, -0.1) is 0 Å². The number of amides is 1. The first-order chi connectivity index (χ1) is 11.9. The Labute approximate surface area is 147 Å². The molecule has 7 nitrogen and oxygen atoms in total.